The fraction of sp³-hybridized carbons (Fsp3) is 0.909. The van der Waals surface area contributed by atoms with Gasteiger partial charge in [-0.15, -0.1) is 0 Å². The molecule has 0 bridgehead atoms. The minimum atomic E-state index is -0.161. The SMILES string of the molecule is CC1(CC#N)CCC(C)(C2CC2)O1. The van der Waals surface area contributed by atoms with E-state index in [0.717, 1.165) is 18.8 Å². The van der Waals surface area contributed by atoms with E-state index in [4.69, 9.17) is 10.00 Å². The lowest BCUT2D eigenvalue weighted by Crippen LogP contribution is -2.32. The van der Waals surface area contributed by atoms with Crippen molar-refractivity contribution in [2.75, 3.05) is 0 Å². The predicted molar refractivity (Wildman–Crippen MR) is 50.1 cm³/mol. The first-order valence-corrected chi connectivity index (χ1v) is 5.15. The Morgan fingerprint density at radius 3 is 2.62 bits per heavy atom. The molecule has 2 unspecified atom stereocenters. The lowest BCUT2D eigenvalue weighted by Gasteiger charge is -2.29. The molecule has 2 fully saturated rings. The van der Waals surface area contributed by atoms with Crippen LogP contribution in [0.2, 0.25) is 0 Å². The van der Waals surface area contributed by atoms with Gasteiger partial charge < -0.3 is 4.74 Å². The maximum absolute atomic E-state index is 8.69. The minimum Gasteiger partial charge on any atom is -0.368 e. The average Bonchev–Trinajstić information content (AvgIpc) is 2.81. The lowest BCUT2D eigenvalue weighted by atomic mass is 9.93. The normalized spacial score (nSPS) is 44.7. The maximum atomic E-state index is 8.69. The van der Waals surface area contributed by atoms with Crippen molar-refractivity contribution >= 4 is 0 Å². The summed E-state index contributed by atoms with van der Waals surface area (Å²) >= 11 is 0. The van der Waals surface area contributed by atoms with Crippen molar-refractivity contribution in [2.45, 2.75) is 57.2 Å². The van der Waals surface area contributed by atoms with Gasteiger partial charge in [-0.3, -0.25) is 0 Å². The molecule has 1 aliphatic heterocycles. The van der Waals surface area contributed by atoms with E-state index in [0.29, 0.717) is 6.42 Å². The summed E-state index contributed by atoms with van der Waals surface area (Å²) in [6, 6.07) is 2.22. The molecule has 13 heavy (non-hydrogen) atoms. The fourth-order valence-corrected chi connectivity index (χ4v) is 2.45. The van der Waals surface area contributed by atoms with Gasteiger partial charge in [0.2, 0.25) is 0 Å². The molecule has 0 amide bonds. The Morgan fingerprint density at radius 1 is 1.38 bits per heavy atom. The third-order valence-corrected chi connectivity index (χ3v) is 3.52. The summed E-state index contributed by atoms with van der Waals surface area (Å²) in [5, 5.41) is 8.69. The standard InChI is InChI=1S/C11H17NO/c1-10(7-8-12)5-6-11(2,13-10)9-3-4-9/h9H,3-7H2,1-2H3. The first kappa shape index (κ1) is 9.02. The second kappa shape index (κ2) is 2.72. The molecule has 2 heteroatoms. The smallest absolute Gasteiger partial charge is 0.0792 e. The van der Waals surface area contributed by atoms with Gasteiger partial charge in [0.15, 0.2) is 0 Å². The van der Waals surface area contributed by atoms with Crippen molar-refractivity contribution in [3.8, 4) is 6.07 Å². The Bertz CT molecular complexity index is 253. The van der Waals surface area contributed by atoms with E-state index < -0.39 is 0 Å². The van der Waals surface area contributed by atoms with Crippen LogP contribution in [-0.4, -0.2) is 11.2 Å². The van der Waals surface area contributed by atoms with Gasteiger partial charge in [0.05, 0.1) is 23.7 Å². The summed E-state index contributed by atoms with van der Waals surface area (Å²) < 4.78 is 6.08. The van der Waals surface area contributed by atoms with Gasteiger partial charge >= 0.3 is 0 Å². The number of hydrogen-bond acceptors (Lipinski definition) is 2. The lowest BCUT2D eigenvalue weighted by molar-refractivity contribution is -0.0938. The van der Waals surface area contributed by atoms with Crippen LogP contribution in [0.1, 0.15) is 46.0 Å². The second-order valence-electron chi connectivity index (χ2n) is 4.97. The zero-order valence-electron chi connectivity index (χ0n) is 8.47. The minimum absolute atomic E-state index is 0.0889. The van der Waals surface area contributed by atoms with Gasteiger partial charge in [0.25, 0.3) is 0 Å². The van der Waals surface area contributed by atoms with Crippen LogP contribution in [0.25, 0.3) is 0 Å². The highest BCUT2D eigenvalue weighted by Crippen LogP contribution is 2.51. The highest BCUT2D eigenvalue weighted by molar-refractivity contribution is 5.03. The van der Waals surface area contributed by atoms with Gasteiger partial charge in [-0.1, -0.05) is 0 Å². The van der Waals surface area contributed by atoms with Gasteiger partial charge in [-0.25, -0.2) is 0 Å². The number of nitriles is 1. The summed E-state index contributed by atoms with van der Waals surface area (Å²) in [5.74, 6) is 0.771. The Hall–Kier alpha value is -0.550. The molecule has 2 aliphatic rings. The van der Waals surface area contributed by atoms with Crippen molar-refractivity contribution in [3.05, 3.63) is 0 Å². The molecule has 1 heterocycles. The number of ether oxygens (including phenoxy) is 1. The predicted octanol–water partition coefficient (Wildman–Crippen LogP) is 2.64. The first-order valence-electron chi connectivity index (χ1n) is 5.15. The van der Waals surface area contributed by atoms with Crippen LogP contribution in [0.3, 0.4) is 0 Å². The van der Waals surface area contributed by atoms with E-state index in [2.05, 4.69) is 19.9 Å². The average molecular weight is 179 g/mol. The molecule has 0 aromatic heterocycles. The topological polar surface area (TPSA) is 33.0 Å². The van der Waals surface area contributed by atoms with Gasteiger partial charge in [-0.05, 0) is 45.4 Å². The molecule has 0 aromatic carbocycles. The Labute approximate surface area is 79.9 Å². The van der Waals surface area contributed by atoms with Gasteiger partial charge in [-0.2, -0.15) is 5.26 Å². The van der Waals surface area contributed by atoms with Crippen molar-refractivity contribution < 1.29 is 4.74 Å². The molecule has 72 valence electrons. The summed E-state index contributed by atoms with van der Waals surface area (Å²) in [7, 11) is 0. The monoisotopic (exact) mass is 179 g/mol. The molecule has 1 aliphatic carbocycles. The van der Waals surface area contributed by atoms with Crippen molar-refractivity contribution in [3.63, 3.8) is 0 Å². The Morgan fingerprint density at radius 2 is 2.08 bits per heavy atom. The van der Waals surface area contributed by atoms with E-state index in [1.54, 1.807) is 0 Å². The molecule has 0 N–H and O–H groups in total. The number of nitrogens with zero attached hydrogens (tertiary/aromatic N) is 1. The van der Waals surface area contributed by atoms with E-state index in [1.807, 2.05) is 0 Å². The van der Waals surface area contributed by atoms with Crippen molar-refractivity contribution in [2.24, 2.45) is 5.92 Å². The summed E-state index contributed by atoms with van der Waals surface area (Å²) in [6.07, 6.45) is 5.36. The third-order valence-electron chi connectivity index (χ3n) is 3.52. The van der Waals surface area contributed by atoms with E-state index >= 15 is 0 Å². The third kappa shape index (κ3) is 1.58. The molecule has 2 rings (SSSR count). The Balaban J connectivity index is 2.03. The molecule has 1 saturated heterocycles. The van der Waals surface area contributed by atoms with Crippen LogP contribution in [0.4, 0.5) is 0 Å². The molecule has 0 radical (unpaired) electrons. The molecule has 2 atom stereocenters. The van der Waals surface area contributed by atoms with E-state index in [1.165, 1.54) is 12.8 Å². The quantitative estimate of drug-likeness (QED) is 0.652. The second-order valence-corrected chi connectivity index (χ2v) is 4.97. The van der Waals surface area contributed by atoms with E-state index in [-0.39, 0.29) is 11.2 Å². The maximum Gasteiger partial charge on any atom is 0.0792 e. The van der Waals surface area contributed by atoms with Crippen LogP contribution < -0.4 is 0 Å². The highest BCUT2D eigenvalue weighted by Gasteiger charge is 2.51. The number of hydrogen-bond donors (Lipinski definition) is 0. The summed E-state index contributed by atoms with van der Waals surface area (Å²) in [6.45, 7) is 4.29. The van der Waals surface area contributed by atoms with Crippen LogP contribution in [0.15, 0.2) is 0 Å². The first-order chi connectivity index (χ1) is 6.08. The summed E-state index contributed by atoms with van der Waals surface area (Å²) in [5.41, 5.74) is -0.0717. The van der Waals surface area contributed by atoms with Crippen molar-refractivity contribution in [1.29, 1.82) is 5.26 Å². The molecule has 0 spiro atoms. The largest absolute Gasteiger partial charge is 0.368 e. The zero-order valence-corrected chi connectivity index (χ0v) is 8.47. The highest BCUT2D eigenvalue weighted by atomic mass is 16.5. The molecule has 0 aromatic rings. The van der Waals surface area contributed by atoms with Crippen LogP contribution in [0.5, 0.6) is 0 Å². The van der Waals surface area contributed by atoms with Gasteiger partial charge in [0.1, 0.15) is 0 Å². The molecular formula is C11H17NO. The molecule has 2 nitrogen and oxygen atoms in total. The Kier molecular flexibility index (Phi) is 1.89. The molecular weight excluding hydrogens is 162 g/mol. The van der Waals surface area contributed by atoms with Crippen molar-refractivity contribution in [1.82, 2.24) is 0 Å². The summed E-state index contributed by atoms with van der Waals surface area (Å²) in [4.78, 5) is 0. The molecule has 1 saturated carbocycles. The van der Waals surface area contributed by atoms with Crippen LogP contribution >= 0.6 is 0 Å². The van der Waals surface area contributed by atoms with Crippen LogP contribution in [0, 0.1) is 17.2 Å². The fourth-order valence-electron chi connectivity index (χ4n) is 2.45. The van der Waals surface area contributed by atoms with Gasteiger partial charge in [0, 0.05) is 0 Å². The van der Waals surface area contributed by atoms with Crippen LogP contribution in [-0.2, 0) is 4.74 Å². The zero-order chi connectivity index (χ0) is 9.53. The van der Waals surface area contributed by atoms with E-state index in [9.17, 15) is 0 Å². The number of rotatable bonds is 2.